The number of hydrogen-bond acceptors (Lipinski definition) is 7. The summed E-state index contributed by atoms with van der Waals surface area (Å²) in [5.41, 5.74) is 2.00. The third-order valence-corrected chi connectivity index (χ3v) is 9.39. The molecule has 0 saturated carbocycles. The lowest BCUT2D eigenvalue weighted by Crippen LogP contribution is -2.54. The first-order valence-corrected chi connectivity index (χ1v) is 14.7. The van der Waals surface area contributed by atoms with Crippen molar-refractivity contribution in [1.29, 1.82) is 0 Å². The Kier molecular flexibility index (Phi) is 10.7. The van der Waals surface area contributed by atoms with Crippen molar-refractivity contribution in [2.45, 2.75) is 69.7 Å². The lowest BCUT2D eigenvalue weighted by Gasteiger charge is -2.37. The van der Waals surface area contributed by atoms with Crippen LogP contribution in [0, 0.1) is 5.92 Å². The second-order valence-electron chi connectivity index (χ2n) is 9.46. The van der Waals surface area contributed by atoms with Crippen molar-refractivity contribution in [3.8, 4) is 5.75 Å². The second kappa shape index (κ2) is 13.5. The fourth-order valence-corrected chi connectivity index (χ4v) is 7.62. The van der Waals surface area contributed by atoms with E-state index in [1.807, 2.05) is 65.6 Å². The standard InChI is InChI=1S/C25H39N3O4S2/c1-17(2)24-25(31)27-19(16-29)14-18-8-9-20(15-22(18)28(24)3)32-12-11-26-23(30)7-5-4-6-21-10-13-33-34-21/h8-9,15,17,19,21,24,29H,4-7,10-14,16H2,1-3H3,(H,26,30)(H,27,31)/t19-,21?,24-/m0/s1. The maximum absolute atomic E-state index is 12.8. The number of anilines is 1. The predicted octanol–water partition coefficient (Wildman–Crippen LogP) is 3.39. The average molecular weight is 510 g/mol. The van der Waals surface area contributed by atoms with Gasteiger partial charge in [0.25, 0.3) is 0 Å². The maximum atomic E-state index is 12.8. The Morgan fingerprint density at radius 2 is 2.18 bits per heavy atom. The van der Waals surface area contributed by atoms with E-state index >= 15 is 0 Å². The van der Waals surface area contributed by atoms with Crippen LogP contribution in [-0.2, 0) is 16.0 Å². The summed E-state index contributed by atoms with van der Waals surface area (Å²) in [4.78, 5) is 26.9. The minimum absolute atomic E-state index is 0.0721. The second-order valence-corrected chi connectivity index (χ2v) is 12.2. The van der Waals surface area contributed by atoms with Crippen molar-refractivity contribution in [2.75, 3.05) is 37.5 Å². The first kappa shape index (κ1) is 27.0. The van der Waals surface area contributed by atoms with Crippen LogP contribution in [0.5, 0.6) is 5.75 Å². The van der Waals surface area contributed by atoms with Crippen LogP contribution in [0.4, 0.5) is 5.69 Å². The third kappa shape index (κ3) is 7.71. The van der Waals surface area contributed by atoms with Crippen LogP contribution in [0.3, 0.4) is 0 Å². The summed E-state index contributed by atoms with van der Waals surface area (Å²) in [6.45, 7) is 4.79. The molecule has 2 heterocycles. The molecule has 34 heavy (non-hydrogen) atoms. The smallest absolute Gasteiger partial charge is 0.243 e. The molecule has 7 nitrogen and oxygen atoms in total. The average Bonchev–Trinajstić information content (AvgIpc) is 3.32. The minimum Gasteiger partial charge on any atom is -0.492 e. The van der Waals surface area contributed by atoms with E-state index in [0.717, 1.165) is 29.3 Å². The van der Waals surface area contributed by atoms with Crippen LogP contribution in [0.2, 0.25) is 0 Å². The van der Waals surface area contributed by atoms with E-state index in [1.165, 1.54) is 18.6 Å². The van der Waals surface area contributed by atoms with Crippen LogP contribution in [-0.4, -0.2) is 66.8 Å². The fraction of sp³-hybridized carbons (Fsp3) is 0.680. The molecule has 9 heteroatoms. The molecule has 1 saturated heterocycles. The van der Waals surface area contributed by atoms with Gasteiger partial charge in [0.1, 0.15) is 18.4 Å². The zero-order chi connectivity index (χ0) is 24.5. The molecular weight excluding hydrogens is 470 g/mol. The number of benzene rings is 1. The Morgan fingerprint density at radius 3 is 2.88 bits per heavy atom. The molecule has 0 spiro atoms. The van der Waals surface area contributed by atoms with Crippen molar-refractivity contribution >= 4 is 39.1 Å². The monoisotopic (exact) mass is 509 g/mol. The van der Waals surface area contributed by atoms with Gasteiger partial charge in [-0.25, -0.2) is 0 Å². The summed E-state index contributed by atoms with van der Waals surface area (Å²) in [5, 5.41) is 16.4. The first-order valence-electron chi connectivity index (χ1n) is 12.3. The predicted molar refractivity (Wildman–Crippen MR) is 142 cm³/mol. The van der Waals surface area contributed by atoms with Crippen molar-refractivity contribution in [1.82, 2.24) is 10.6 Å². The number of hydrogen-bond donors (Lipinski definition) is 3. The number of unbranched alkanes of at least 4 members (excludes halogenated alkanes) is 1. The van der Waals surface area contributed by atoms with Gasteiger partial charge in [-0.05, 0) is 43.2 Å². The lowest BCUT2D eigenvalue weighted by molar-refractivity contribution is -0.124. The molecule has 2 aliphatic rings. The highest BCUT2D eigenvalue weighted by molar-refractivity contribution is 8.77. The molecule has 190 valence electrons. The molecule has 1 aromatic rings. The zero-order valence-electron chi connectivity index (χ0n) is 20.5. The van der Waals surface area contributed by atoms with Gasteiger partial charge in [0, 0.05) is 36.2 Å². The fourth-order valence-electron chi connectivity index (χ4n) is 4.59. The van der Waals surface area contributed by atoms with E-state index in [9.17, 15) is 14.7 Å². The number of aliphatic hydroxyl groups is 1. The Balaban J connectivity index is 1.48. The summed E-state index contributed by atoms with van der Waals surface area (Å²) >= 11 is 0. The number of nitrogens with one attached hydrogen (secondary N) is 2. The molecule has 1 aromatic carbocycles. The molecule has 0 bridgehead atoms. The maximum Gasteiger partial charge on any atom is 0.243 e. The highest BCUT2D eigenvalue weighted by Crippen LogP contribution is 2.39. The number of amides is 2. The molecule has 0 radical (unpaired) electrons. The molecule has 0 aliphatic carbocycles. The van der Waals surface area contributed by atoms with Gasteiger partial charge in [0.15, 0.2) is 0 Å². The summed E-state index contributed by atoms with van der Waals surface area (Å²) in [6.07, 6.45) is 5.67. The molecular formula is C25H39N3O4S2. The molecule has 0 aromatic heterocycles. The van der Waals surface area contributed by atoms with Gasteiger partial charge < -0.3 is 25.4 Å². The van der Waals surface area contributed by atoms with E-state index in [0.29, 0.717) is 31.7 Å². The van der Waals surface area contributed by atoms with Crippen LogP contribution in [0.15, 0.2) is 18.2 Å². The van der Waals surface area contributed by atoms with Crippen LogP contribution < -0.4 is 20.3 Å². The number of likely N-dealkylation sites (N-methyl/N-ethyl adjacent to an activating group) is 1. The number of carbonyl (C=O) groups is 2. The number of aliphatic hydroxyl groups excluding tert-OH is 1. The first-order chi connectivity index (χ1) is 16.4. The topological polar surface area (TPSA) is 90.9 Å². The van der Waals surface area contributed by atoms with Crippen LogP contribution >= 0.6 is 21.6 Å². The summed E-state index contributed by atoms with van der Waals surface area (Å²) in [6, 6.07) is 5.22. The molecule has 1 fully saturated rings. The van der Waals surface area contributed by atoms with Gasteiger partial charge >= 0.3 is 0 Å². The number of ether oxygens (including phenoxy) is 1. The van der Waals surface area contributed by atoms with Crippen LogP contribution in [0.25, 0.3) is 0 Å². The molecule has 2 aliphatic heterocycles. The molecule has 2 amide bonds. The number of fused-ring (bicyclic) bond motifs is 1. The Labute approximate surface area is 211 Å². The number of rotatable bonds is 11. The van der Waals surface area contributed by atoms with E-state index in [4.69, 9.17) is 4.74 Å². The Bertz CT molecular complexity index is 817. The SMILES string of the molecule is CC(C)[C@H]1C(=O)N[C@H](CO)Cc2ccc(OCCNC(=O)CCCCC3CCSS3)cc2N1C. The van der Waals surface area contributed by atoms with Gasteiger partial charge in [0.2, 0.25) is 11.8 Å². The third-order valence-electron chi connectivity index (χ3n) is 6.39. The van der Waals surface area contributed by atoms with E-state index in [1.54, 1.807) is 0 Å². The van der Waals surface area contributed by atoms with Gasteiger partial charge in [0.05, 0.1) is 19.2 Å². The highest BCUT2D eigenvalue weighted by Gasteiger charge is 2.32. The minimum atomic E-state index is -0.339. The summed E-state index contributed by atoms with van der Waals surface area (Å²) < 4.78 is 5.92. The lowest BCUT2D eigenvalue weighted by atomic mass is 9.95. The van der Waals surface area contributed by atoms with Gasteiger partial charge in [-0.15, -0.1) is 0 Å². The van der Waals surface area contributed by atoms with Gasteiger partial charge in [-0.2, -0.15) is 0 Å². The van der Waals surface area contributed by atoms with Gasteiger partial charge in [-0.3, -0.25) is 9.59 Å². The van der Waals surface area contributed by atoms with Crippen molar-refractivity contribution < 1.29 is 19.4 Å². The molecule has 3 N–H and O–H groups in total. The summed E-state index contributed by atoms with van der Waals surface area (Å²) in [7, 11) is 5.89. The van der Waals surface area contributed by atoms with Crippen molar-refractivity contribution in [2.24, 2.45) is 5.92 Å². The highest BCUT2D eigenvalue weighted by atomic mass is 33.1. The number of carbonyl (C=O) groups excluding carboxylic acids is 2. The molecule has 1 unspecified atom stereocenters. The summed E-state index contributed by atoms with van der Waals surface area (Å²) in [5.74, 6) is 2.07. The van der Waals surface area contributed by atoms with Crippen molar-refractivity contribution in [3.63, 3.8) is 0 Å². The van der Waals surface area contributed by atoms with E-state index in [-0.39, 0.29) is 36.4 Å². The number of nitrogens with zero attached hydrogens (tertiary/aromatic N) is 1. The van der Waals surface area contributed by atoms with Crippen LogP contribution in [0.1, 0.15) is 51.5 Å². The molecule has 3 rings (SSSR count). The quantitative estimate of drug-likeness (QED) is 0.311. The van der Waals surface area contributed by atoms with E-state index in [2.05, 4.69) is 10.6 Å². The largest absolute Gasteiger partial charge is 0.492 e. The van der Waals surface area contributed by atoms with E-state index < -0.39 is 0 Å². The molecule has 3 atom stereocenters. The zero-order valence-corrected chi connectivity index (χ0v) is 22.2. The normalized spacial score (nSPS) is 22.7. The van der Waals surface area contributed by atoms with Crippen molar-refractivity contribution in [3.05, 3.63) is 23.8 Å². The Hall–Kier alpha value is -1.58. The Morgan fingerprint density at radius 1 is 1.35 bits per heavy atom. The van der Waals surface area contributed by atoms with Gasteiger partial charge in [-0.1, -0.05) is 47.9 Å².